The van der Waals surface area contributed by atoms with Crippen LogP contribution in [0.5, 0.6) is 0 Å². The van der Waals surface area contributed by atoms with Crippen LogP contribution >= 0.6 is 24.0 Å². The van der Waals surface area contributed by atoms with E-state index >= 15 is 0 Å². The summed E-state index contributed by atoms with van der Waals surface area (Å²) in [6.07, 6.45) is 2.40. The van der Waals surface area contributed by atoms with Crippen molar-refractivity contribution < 1.29 is 0 Å². The van der Waals surface area contributed by atoms with Crippen molar-refractivity contribution in [2.45, 2.75) is 18.9 Å². The average Bonchev–Trinajstić information content (AvgIpc) is 2.48. The second-order valence-electron chi connectivity index (χ2n) is 3.13. The van der Waals surface area contributed by atoms with Crippen molar-refractivity contribution >= 4 is 29.9 Å². The number of aromatic nitrogens is 3. The van der Waals surface area contributed by atoms with Gasteiger partial charge in [-0.3, -0.25) is 4.57 Å². The molecule has 1 aromatic heterocycles. The van der Waals surface area contributed by atoms with Gasteiger partial charge in [0.05, 0.1) is 0 Å². The Balaban J connectivity index is 2.27. The Morgan fingerprint density at radius 1 is 1.69 bits per heavy atom. The Kier molecular flexibility index (Phi) is 2.59. The highest BCUT2D eigenvalue weighted by molar-refractivity contribution is 7.99. The molecule has 6 heteroatoms. The van der Waals surface area contributed by atoms with Crippen molar-refractivity contribution in [1.29, 1.82) is 0 Å². The third-order valence-corrected chi connectivity index (χ3v) is 3.72. The lowest BCUT2D eigenvalue weighted by atomic mass is 10.2. The number of nitrogens with two attached hydrogens (primary N) is 1. The fourth-order valence-corrected chi connectivity index (χ4v) is 3.01. The van der Waals surface area contributed by atoms with Crippen LogP contribution in [-0.2, 0) is 0 Å². The number of thioether (sulfide) groups is 1. The van der Waals surface area contributed by atoms with Crippen molar-refractivity contribution in [3.63, 3.8) is 0 Å². The molecule has 2 heterocycles. The molecule has 13 heavy (non-hydrogen) atoms. The van der Waals surface area contributed by atoms with Crippen LogP contribution in [0.25, 0.3) is 0 Å². The summed E-state index contributed by atoms with van der Waals surface area (Å²) >= 11 is 7.06. The molecule has 1 aliphatic rings. The summed E-state index contributed by atoms with van der Waals surface area (Å²) < 4.78 is 2.58. The van der Waals surface area contributed by atoms with Crippen LogP contribution in [0, 0.1) is 4.77 Å². The highest BCUT2D eigenvalue weighted by Crippen LogP contribution is 2.28. The molecule has 0 aromatic carbocycles. The van der Waals surface area contributed by atoms with Crippen LogP contribution in [0.2, 0.25) is 0 Å². The van der Waals surface area contributed by atoms with E-state index < -0.39 is 0 Å². The van der Waals surface area contributed by atoms with Crippen molar-refractivity contribution in [2.24, 2.45) is 0 Å². The van der Waals surface area contributed by atoms with Crippen molar-refractivity contribution in [2.75, 3.05) is 17.2 Å². The molecule has 1 fully saturated rings. The van der Waals surface area contributed by atoms with Gasteiger partial charge in [0.15, 0.2) is 4.77 Å². The predicted octanol–water partition coefficient (Wildman–Crippen LogP) is 1.59. The van der Waals surface area contributed by atoms with E-state index in [9.17, 15) is 0 Å². The lowest BCUT2D eigenvalue weighted by molar-refractivity contribution is 0.499. The van der Waals surface area contributed by atoms with E-state index in [2.05, 4.69) is 10.2 Å². The molecule has 0 radical (unpaired) electrons. The van der Waals surface area contributed by atoms with E-state index in [1.165, 1.54) is 12.2 Å². The number of rotatable bonds is 1. The smallest absolute Gasteiger partial charge is 0.220 e. The third-order valence-electron chi connectivity index (χ3n) is 2.23. The molecule has 0 spiro atoms. The number of anilines is 1. The first-order valence-corrected chi connectivity index (χ1v) is 5.85. The topological polar surface area (TPSA) is 59.6 Å². The molecule has 1 aliphatic heterocycles. The summed E-state index contributed by atoms with van der Waals surface area (Å²) in [5.74, 6) is 2.86. The van der Waals surface area contributed by atoms with Gasteiger partial charge in [0.25, 0.3) is 0 Å². The first-order valence-electron chi connectivity index (χ1n) is 4.29. The van der Waals surface area contributed by atoms with Gasteiger partial charge < -0.3 is 5.73 Å². The molecule has 4 nitrogen and oxygen atoms in total. The molecular weight excluding hydrogens is 204 g/mol. The second-order valence-corrected chi connectivity index (χ2v) is 4.66. The number of H-pyrrole nitrogens is 1. The van der Waals surface area contributed by atoms with Crippen molar-refractivity contribution in [3.05, 3.63) is 4.77 Å². The molecule has 72 valence electrons. The Morgan fingerprint density at radius 2 is 2.54 bits per heavy atom. The molecule has 0 saturated carbocycles. The highest BCUT2D eigenvalue weighted by Gasteiger charge is 2.18. The van der Waals surface area contributed by atoms with Gasteiger partial charge in [0.2, 0.25) is 5.95 Å². The number of aromatic amines is 1. The fourth-order valence-electron chi connectivity index (χ4n) is 1.60. The summed E-state index contributed by atoms with van der Waals surface area (Å²) in [5.41, 5.74) is 5.72. The van der Waals surface area contributed by atoms with E-state index in [4.69, 9.17) is 18.0 Å². The molecule has 1 saturated heterocycles. The van der Waals surface area contributed by atoms with Crippen LogP contribution in [0.1, 0.15) is 18.9 Å². The largest absolute Gasteiger partial charge is 0.368 e. The zero-order valence-electron chi connectivity index (χ0n) is 7.19. The van der Waals surface area contributed by atoms with Gasteiger partial charge in [0.1, 0.15) is 0 Å². The number of hydrogen-bond donors (Lipinski definition) is 2. The molecule has 1 atom stereocenters. The van der Waals surface area contributed by atoms with Gasteiger partial charge in [-0.05, 0) is 30.8 Å². The van der Waals surface area contributed by atoms with E-state index in [-0.39, 0.29) is 0 Å². The van der Waals surface area contributed by atoms with Gasteiger partial charge >= 0.3 is 0 Å². The van der Waals surface area contributed by atoms with Gasteiger partial charge in [-0.25, -0.2) is 5.10 Å². The summed E-state index contributed by atoms with van der Waals surface area (Å²) in [6, 6.07) is 0.435. The van der Waals surface area contributed by atoms with Gasteiger partial charge in [-0.2, -0.15) is 11.8 Å². The maximum atomic E-state index is 5.72. The second kappa shape index (κ2) is 3.71. The van der Waals surface area contributed by atoms with Gasteiger partial charge in [-0.1, -0.05) is 0 Å². The summed E-state index contributed by atoms with van der Waals surface area (Å²) in [5, 5.41) is 6.62. The first kappa shape index (κ1) is 9.08. The quantitative estimate of drug-likeness (QED) is 0.700. The highest BCUT2D eigenvalue weighted by atomic mass is 32.2. The van der Waals surface area contributed by atoms with E-state index in [1.807, 2.05) is 16.3 Å². The zero-order chi connectivity index (χ0) is 9.26. The Bertz CT molecular complexity index is 337. The molecular formula is C7H12N4S2. The number of nitrogen functional groups attached to an aromatic ring is 1. The van der Waals surface area contributed by atoms with Crippen LogP contribution in [0.4, 0.5) is 5.95 Å². The SMILES string of the molecule is Nc1n[nH]c(=S)n1C1CCCSC1. The first-order chi connectivity index (χ1) is 6.29. The third kappa shape index (κ3) is 1.73. The molecule has 2 rings (SSSR count). The molecule has 3 N–H and O–H groups in total. The molecule has 1 aromatic rings. The zero-order valence-corrected chi connectivity index (χ0v) is 8.83. The minimum absolute atomic E-state index is 0.435. The number of hydrogen-bond acceptors (Lipinski definition) is 4. The summed E-state index contributed by atoms with van der Waals surface area (Å²) in [4.78, 5) is 0. The van der Waals surface area contributed by atoms with E-state index in [1.54, 1.807) is 0 Å². The summed E-state index contributed by atoms with van der Waals surface area (Å²) in [7, 11) is 0. The predicted molar refractivity (Wildman–Crippen MR) is 57.4 cm³/mol. The number of nitrogens with zero attached hydrogens (tertiary/aromatic N) is 2. The standard InChI is InChI=1S/C7H12N4S2/c8-6-9-10-7(12)11(6)5-2-1-3-13-4-5/h5H,1-4H2,(H2,8,9)(H,10,12). The molecule has 1 unspecified atom stereocenters. The monoisotopic (exact) mass is 216 g/mol. The Hall–Kier alpha value is -0.490. The van der Waals surface area contributed by atoms with Crippen LogP contribution in [0.3, 0.4) is 0 Å². The molecule has 0 aliphatic carbocycles. The normalized spacial score (nSPS) is 23.2. The molecule has 0 amide bonds. The Morgan fingerprint density at radius 3 is 3.08 bits per heavy atom. The summed E-state index contributed by atoms with van der Waals surface area (Å²) in [6.45, 7) is 0. The van der Waals surface area contributed by atoms with E-state index in [0.29, 0.717) is 16.8 Å². The van der Waals surface area contributed by atoms with Crippen molar-refractivity contribution in [3.8, 4) is 0 Å². The minimum atomic E-state index is 0.435. The van der Waals surface area contributed by atoms with Crippen LogP contribution in [0.15, 0.2) is 0 Å². The fraction of sp³-hybridized carbons (Fsp3) is 0.714. The van der Waals surface area contributed by atoms with E-state index in [0.717, 1.165) is 12.2 Å². The van der Waals surface area contributed by atoms with Crippen LogP contribution in [-0.4, -0.2) is 26.3 Å². The average molecular weight is 216 g/mol. The Labute approximate surface area is 85.9 Å². The maximum Gasteiger partial charge on any atom is 0.220 e. The number of nitrogens with one attached hydrogen (secondary N) is 1. The molecule has 0 bridgehead atoms. The minimum Gasteiger partial charge on any atom is -0.368 e. The maximum absolute atomic E-state index is 5.72. The van der Waals surface area contributed by atoms with Crippen LogP contribution < -0.4 is 5.73 Å². The van der Waals surface area contributed by atoms with Gasteiger partial charge in [0, 0.05) is 11.8 Å². The van der Waals surface area contributed by atoms with Crippen molar-refractivity contribution in [1.82, 2.24) is 14.8 Å². The lowest BCUT2D eigenvalue weighted by Crippen LogP contribution is -2.18. The lowest BCUT2D eigenvalue weighted by Gasteiger charge is -2.22. The van der Waals surface area contributed by atoms with Gasteiger partial charge in [-0.15, -0.1) is 5.10 Å².